The van der Waals surface area contributed by atoms with Gasteiger partial charge in [0.05, 0.1) is 0 Å². The van der Waals surface area contributed by atoms with E-state index in [-0.39, 0.29) is 5.41 Å². The number of hydrogen-bond donors (Lipinski definition) is 0. The number of fused-ring (bicyclic) bond motifs is 5. The zero-order valence-corrected chi connectivity index (χ0v) is 13.4. The molecule has 114 valence electrons. The Labute approximate surface area is 128 Å². The number of allylic oxidation sites excluding steroid dienone is 3. The molecule has 0 radical (unpaired) electrons. The highest BCUT2D eigenvalue weighted by Gasteiger charge is 2.58. The van der Waals surface area contributed by atoms with Crippen molar-refractivity contribution in [2.75, 3.05) is 0 Å². The summed E-state index contributed by atoms with van der Waals surface area (Å²) in [5.41, 5.74) is 3.14. The molecule has 3 saturated carbocycles. The van der Waals surface area contributed by atoms with E-state index in [1.807, 2.05) is 0 Å². The molecule has 0 aromatic rings. The largest absolute Gasteiger partial charge is 0.299 e. The van der Waals surface area contributed by atoms with E-state index >= 15 is 0 Å². The lowest BCUT2D eigenvalue weighted by molar-refractivity contribution is -0.130. The fourth-order valence-corrected chi connectivity index (χ4v) is 6.49. The van der Waals surface area contributed by atoms with E-state index in [1.54, 1.807) is 5.57 Å². The standard InChI is InChI=1S/C20H28O/c1-3-20-12-13(2)19-15-7-5-4-6-14(15)8-9-16(19)17(20)10-11-18(20)21/h6,15-17,19H,2-5,7-12H2,1H3/t15-,16-,17-,19+,20+/m0/s1. The predicted molar refractivity (Wildman–Crippen MR) is 85.9 cm³/mol. The van der Waals surface area contributed by atoms with Gasteiger partial charge in [-0.2, -0.15) is 0 Å². The predicted octanol–water partition coefficient (Wildman–Crippen LogP) is 5.07. The molecule has 3 fully saturated rings. The Hall–Kier alpha value is -0.850. The van der Waals surface area contributed by atoms with Crippen LogP contribution in [0.4, 0.5) is 0 Å². The van der Waals surface area contributed by atoms with E-state index in [2.05, 4.69) is 19.6 Å². The van der Waals surface area contributed by atoms with Crippen LogP contribution in [0.1, 0.15) is 64.7 Å². The number of carbonyl (C=O) groups is 1. The molecular weight excluding hydrogens is 256 g/mol. The molecule has 0 amide bonds. The second kappa shape index (κ2) is 4.83. The average Bonchev–Trinajstić information content (AvgIpc) is 2.84. The molecular formula is C20H28O. The molecule has 0 N–H and O–H groups in total. The number of carbonyl (C=O) groups excluding carboxylic acids is 1. The zero-order chi connectivity index (χ0) is 14.6. The van der Waals surface area contributed by atoms with Gasteiger partial charge in [-0.05, 0) is 75.0 Å². The summed E-state index contributed by atoms with van der Waals surface area (Å²) in [6.45, 7) is 6.73. The molecule has 1 nitrogen and oxygen atoms in total. The maximum atomic E-state index is 12.6. The van der Waals surface area contributed by atoms with Crippen LogP contribution in [0, 0.1) is 29.1 Å². The highest BCUT2D eigenvalue weighted by molar-refractivity contribution is 5.88. The van der Waals surface area contributed by atoms with Crippen molar-refractivity contribution in [3.63, 3.8) is 0 Å². The van der Waals surface area contributed by atoms with Gasteiger partial charge in [-0.15, -0.1) is 0 Å². The summed E-state index contributed by atoms with van der Waals surface area (Å²) < 4.78 is 0. The number of hydrogen-bond acceptors (Lipinski definition) is 1. The van der Waals surface area contributed by atoms with Gasteiger partial charge in [0.1, 0.15) is 5.78 Å². The Morgan fingerprint density at radius 2 is 2.14 bits per heavy atom. The van der Waals surface area contributed by atoms with Gasteiger partial charge in [0.2, 0.25) is 0 Å². The Morgan fingerprint density at radius 3 is 2.95 bits per heavy atom. The van der Waals surface area contributed by atoms with Crippen molar-refractivity contribution in [1.29, 1.82) is 0 Å². The zero-order valence-electron chi connectivity index (χ0n) is 13.4. The smallest absolute Gasteiger partial charge is 0.139 e. The summed E-state index contributed by atoms with van der Waals surface area (Å²) in [5, 5.41) is 0. The van der Waals surface area contributed by atoms with Crippen LogP contribution >= 0.6 is 0 Å². The van der Waals surface area contributed by atoms with Crippen molar-refractivity contribution < 1.29 is 4.79 Å². The van der Waals surface area contributed by atoms with E-state index in [0.29, 0.717) is 17.6 Å². The normalized spacial score (nSPS) is 45.7. The minimum absolute atomic E-state index is 0.0197. The Kier molecular flexibility index (Phi) is 3.17. The van der Waals surface area contributed by atoms with Crippen LogP contribution in [-0.4, -0.2) is 5.78 Å². The fraction of sp³-hybridized carbons (Fsp3) is 0.750. The van der Waals surface area contributed by atoms with Crippen LogP contribution in [0.5, 0.6) is 0 Å². The molecule has 0 spiro atoms. The molecule has 21 heavy (non-hydrogen) atoms. The molecule has 0 aromatic heterocycles. The second-order valence-corrected chi connectivity index (χ2v) is 7.96. The Balaban J connectivity index is 1.72. The topological polar surface area (TPSA) is 17.1 Å². The number of rotatable bonds is 1. The Morgan fingerprint density at radius 1 is 1.29 bits per heavy atom. The first-order valence-corrected chi connectivity index (χ1v) is 9.07. The van der Waals surface area contributed by atoms with E-state index in [9.17, 15) is 4.79 Å². The van der Waals surface area contributed by atoms with Crippen molar-refractivity contribution in [1.82, 2.24) is 0 Å². The van der Waals surface area contributed by atoms with E-state index in [0.717, 1.165) is 37.5 Å². The maximum absolute atomic E-state index is 12.6. The minimum Gasteiger partial charge on any atom is -0.299 e. The molecule has 0 aromatic carbocycles. The third kappa shape index (κ3) is 1.79. The molecule has 0 aliphatic heterocycles. The highest BCUT2D eigenvalue weighted by atomic mass is 16.1. The SMILES string of the molecule is C=C1C[C@@]2(CC)C(=O)CC[C@H]2[C@@H]2CCC3=CCCC[C@@H]3[C@@H]12. The van der Waals surface area contributed by atoms with Crippen molar-refractivity contribution >= 4 is 5.78 Å². The number of ketones is 1. The van der Waals surface area contributed by atoms with Crippen LogP contribution in [0.25, 0.3) is 0 Å². The van der Waals surface area contributed by atoms with Gasteiger partial charge in [0, 0.05) is 11.8 Å². The second-order valence-electron chi connectivity index (χ2n) is 7.96. The number of Topliss-reactive ketones (excluding diaryl/α,β-unsaturated/α-hetero) is 1. The molecule has 0 heterocycles. The van der Waals surface area contributed by atoms with Crippen LogP contribution in [0.15, 0.2) is 23.8 Å². The van der Waals surface area contributed by atoms with Gasteiger partial charge in [0.15, 0.2) is 0 Å². The summed E-state index contributed by atoms with van der Waals surface area (Å²) in [4.78, 5) is 12.6. The van der Waals surface area contributed by atoms with Gasteiger partial charge in [-0.3, -0.25) is 4.79 Å². The summed E-state index contributed by atoms with van der Waals surface area (Å²) >= 11 is 0. The highest BCUT2D eigenvalue weighted by Crippen LogP contribution is 2.63. The fourth-order valence-electron chi connectivity index (χ4n) is 6.49. The van der Waals surface area contributed by atoms with Crippen molar-refractivity contribution in [2.45, 2.75) is 64.7 Å². The molecule has 4 aliphatic rings. The molecule has 4 rings (SSSR count). The quantitative estimate of drug-likeness (QED) is 0.614. The first-order valence-electron chi connectivity index (χ1n) is 9.07. The molecule has 0 bridgehead atoms. The Bertz CT molecular complexity index is 514. The average molecular weight is 284 g/mol. The summed E-state index contributed by atoms with van der Waals surface area (Å²) in [6.07, 6.45) is 13.2. The first-order chi connectivity index (χ1) is 10.2. The maximum Gasteiger partial charge on any atom is 0.139 e. The van der Waals surface area contributed by atoms with Gasteiger partial charge in [-0.25, -0.2) is 0 Å². The van der Waals surface area contributed by atoms with Crippen LogP contribution in [0.2, 0.25) is 0 Å². The van der Waals surface area contributed by atoms with Gasteiger partial charge < -0.3 is 0 Å². The summed E-state index contributed by atoms with van der Waals surface area (Å²) in [6, 6.07) is 0. The van der Waals surface area contributed by atoms with Crippen LogP contribution < -0.4 is 0 Å². The van der Waals surface area contributed by atoms with Crippen molar-refractivity contribution in [3.8, 4) is 0 Å². The van der Waals surface area contributed by atoms with Gasteiger partial charge >= 0.3 is 0 Å². The van der Waals surface area contributed by atoms with Crippen LogP contribution in [0.3, 0.4) is 0 Å². The first kappa shape index (κ1) is 13.8. The molecule has 4 aliphatic carbocycles. The minimum atomic E-state index is -0.0197. The molecule has 5 atom stereocenters. The summed E-state index contributed by atoms with van der Waals surface area (Å²) in [7, 11) is 0. The van der Waals surface area contributed by atoms with Gasteiger partial charge in [0.25, 0.3) is 0 Å². The lowest BCUT2D eigenvalue weighted by Gasteiger charge is -2.54. The lowest BCUT2D eigenvalue weighted by atomic mass is 9.50. The van der Waals surface area contributed by atoms with Crippen molar-refractivity contribution in [3.05, 3.63) is 23.8 Å². The molecule has 0 unspecified atom stereocenters. The van der Waals surface area contributed by atoms with Crippen molar-refractivity contribution in [2.24, 2.45) is 29.1 Å². The third-order valence-corrected chi connectivity index (χ3v) is 7.37. The van der Waals surface area contributed by atoms with E-state index in [1.165, 1.54) is 37.7 Å². The van der Waals surface area contributed by atoms with Gasteiger partial charge in [-0.1, -0.05) is 30.7 Å². The molecule has 0 saturated heterocycles. The third-order valence-electron chi connectivity index (χ3n) is 7.37. The van der Waals surface area contributed by atoms with E-state index in [4.69, 9.17) is 0 Å². The molecule has 1 heteroatoms. The monoisotopic (exact) mass is 284 g/mol. The lowest BCUT2D eigenvalue weighted by Crippen LogP contribution is -2.48. The van der Waals surface area contributed by atoms with Crippen LogP contribution in [-0.2, 0) is 4.79 Å². The van der Waals surface area contributed by atoms with E-state index < -0.39 is 0 Å². The summed E-state index contributed by atoms with van der Waals surface area (Å²) in [5.74, 6) is 3.43.